The van der Waals surface area contributed by atoms with Gasteiger partial charge in [0, 0.05) is 11.8 Å². The smallest absolute Gasteiger partial charge is 0.316 e. The van der Waals surface area contributed by atoms with E-state index in [1.165, 1.54) is 11.8 Å². The van der Waals surface area contributed by atoms with Crippen molar-refractivity contribution in [3.63, 3.8) is 0 Å². The van der Waals surface area contributed by atoms with E-state index in [-0.39, 0.29) is 5.25 Å². The third kappa shape index (κ3) is 9.94. The third-order valence-corrected chi connectivity index (χ3v) is 4.82. The van der Waals surface area contributed by atoms with Crippen molar-refractivity contribution in [2.24, 2.45) is 0 Å². The van der Waals surface area contributed by atoms with Gasteiger partial charge < -0.3 is 5.11 Å². The van der Waals surface area contributed by atoms with E-state index in [9.17, 15) is 4.79 Å². The van der Waals surface area contributed by atoms with Gasteiger partial charge in [-0.05, 0) is 36.5 Å². The van der Waals surface area contributed by atoms with E-state index >= 15 is 0 Å². The lowest BCUT2D eigenvalue weighted by Gasteiger charge is -2.11. The minimum absolute atomic E-state index is 0.285. The number of alkyl halides is 2. The average molecular weight is 305 g/mol. The molecule has 0 aromatic heterocycles. The molecule has 0 saturated heterocycles. The Labute approximate surface area is 116 Å². The van der Waals surface area contributed by atoms with Crippen LogP contribution in [0, 0.1) is 0 Å². The van der Waals surface area contributed by atoms with Crippen molar-refractivity contribution in [3.05, 3.63) is 0 Å². The third-order valence-electron chi connectivity index (χ3n) is 1.82. The fourth-order valence-corrected chi connectivity index (χ4v) is 3.72. The maximum absolute atomic E-state index is 10.9. The number of aliphatic carboxylic acids is 1. The first-order valence-corrected chi connectivity index (χ1v) is 8.53. The molecule has 2 nitrogen and oxygen atoms in total. The van der Waals surface area contributed by atoms with Crippen LogP contribution in [0.4, 0.5) is 0 Å². The van der Waals surface area contributed by atoms with Crippen molar-refractivity contribution in [1.29, 1.82) is 0 Å². The molecule has 0 fully saturated rings. The van der Waals surface area contributed by atoms with Crippen LogP contribution in [-0.2, 0) is 4.79 Å². The first-order valence-electron chi connectivity index (χ1n) is 5.26. The largest absolute Gasteiger partial charge is 0.480 e. The van der Waals surface area contributed by atoms with Gasteiger partial charge in [-0.3, -0.25) is 4.79 Å². The van der Waals surface area contributed by atoms with Gasteiger partial charge in [0.2, 0.25) is 0 Å². The van der Waals surface area contributed by atoms with E-state index < -0.39 is 5.97 Å². The highest BCUT2D eigenvalue weighted by Crippen LogP contribution is 2.19. The molecule has 1 N–H and O–H groups in total. The van der Waals surface area contributed by atoms with E-state index in [1.807, 2.05) is 0 Å². The number of rotatable bonds is 11. The van der Waals surface area contributed by atoms with Gasteiger partial charge in [0.15, 0.2) is 0 Å². The number of carboxylic acid groups (broad SMARTS) is 1. The van der Waals surface area contributed by atoms with Crippen molar-refractivity contribution in [2.45, 2.75) is 24.5 Å². The van der Waals surface area contributed by atoms with Gasteiger partial charge >= 0.3 is 5.97 Å². The predicted molar refractivity (Wildman–Crippen MR) is 76.5 cm³/mol. The Morgan fingerprint density at radius 1 is 1.12 bits per heavy atom. The first-order chi connectivity index (χ1) is 7.72. The maximum Gasteiger partial charge on any atom is 0.316 e. The van der Waals surface area contributed by atoms with Gasteiger partial charge in [-0.15, -0.1) is 35.0 Å². The van der Waals surface area contributed by atoms with Crippen LogP contribution in [0.5, 0.6) is 0 Å². The summed E-state index contributed by atoms with van der Waals surface area (Å²) < 4.78 is 0. The Kier molecular flexibility index (Phi) is 12.8. The van der Waals surface area contributed by atoms with Crippen LogP contribution in [0.2, 0.25) is 0 Å². The average Bonchev–Trinajstić information content (AvgIpc) is 2.26. The Balaban J connectivity index is 3.56. The van der Waals surface area contributed by atoms with Crippen LogP contribution >= 0.6 is 46.7 Å². The molecular formula is C10H18Cl2O2S2. The van der Waals surface area contributed by atoms with Crippen LogP contribution in [0.25, 0.3) is 0 Å². The molecule has 0 aliphatic heterocycles. The summed E-state index contributed by atoms with van der Waals surface area (Å²) in [5.41, 5.74) is 0. The number of hydrogen-bond donors (Lipinski definition) is 1. The summed E-state index contributed by atoms with van der Waals surface area (Å²) in [5, 5.41) is 8.71. The van der Waals surface area contributed by atoms with Crippen molar-refractivity contribution >= 4 is 52.7 Å². The molecule has 0 amide bonds. The molecule has 0 aromatic carbocycles. The maximum atomic E-state index is 10.9. The molecule has 0 bridgehead atoms. The fourth-order valence-electron chi connectivity index (χ4n) is 1.01. The zero-order valence-electron chi connectivity index (χ0n) is 9.16. The van der Waals surface area contributed by atoms with Gasteiger partial charge in [0.25, 0.3) is 0 Å². The SMILES string of the molecule is O=C(O)C(CCSCCCCl)SCCCCl. The molecule has 0 aliphatic rings. The second-order valence-electron chi connectivity index (χ2n) is 3.18. The van der Waals surface area contributed by atoms with Crippen LogP contribution in [0.3, 0.4) is 0 Å². The fraction of sp³-hybridized carbons (Fsp3) is 0.900. The highest BCUT2D eigenvalue weighted by atomic mass is 35.5. The van der Waals surface area contributed by atoms with E-state index in [0.717, 1.165) is 36.5 Å². The van der Waals surface area contributed by atoms with E-state index in [4.69, 9.17) is 28.3 Å². The van der Waals surface area contributed by atoms with E-state index in [2.05, 4.69) is 0 Å². The monoisotopic (exact) mass is 304 g/mol. The minimum atomic E-state index is -0.711. The molecule has 0 radical (unpaired) electrons. The summed E-state index contributed by atoms with van der Waals surface area (Å²) in [4.78, 5) is 10.9. The molecule has 96 valence electrons. The normalized spacial score (nSPS) is 12.6. The summed E-state index contributed by atoms with van der Waals surface area (Å²) in [6, 6.07) is 0. The lowest BCUT2D eigenvalue weighted by atomic mass is 10.3. The van der Waals surface area contributed by atoms with Gasteiger partial charge in [0.1, 0.15) is 5.25 Å². The number of halogens is 2. The van der Waals surface area contributed by atoms with Crippen molar-refractivity contribution in [1.82, 2.24) is 0 Å². The van der Waals surface area contributed by atoms with Gasteiger partial charge in [-0.2, -0.15) is 11.8 Å². The molecule has 1 atom stereocenters. The summed E-state index contributed by atoms with van der Waals surface area (Å²) >= 11 is 14.4. The molecular weight excluding hydrogens is 287 g/mol. The second-order valence-corrected chi connectivity index (χ2v) is 6.48. The van der Waals surface area contributed by atoms with Crippen LogP contribution in [-0.4, -0.2) is 45.3 Å². The molecule has 0 heterocycles. The Bertz CT molecular complexity index is 182. The van der Waals surface area contributed by atoms with Gasteiger partial charge in [-0.25, -0.2) is 0 Å². The highest BCUT2D eigenvalue weighted by Gasteiger charge is 2.16. The van der Waals surface area contributed by atoms with Gasteiger partial charge in [-0.1, -0.05) is 0 Å². The Hall–Kier alpha value is 0.750. The predicted octanol–water partition coefficient (Wildman–Crippen LogP) is 3.55. The molecule has 6 heteroatoms. The van der Waals surface area contributed by atoms with Crippen molar-refractivity contribution < 1.29 is 9.90 Å². The number of hydrogen-bond acceptors (Lipinski definition) is 3. The standard InChI is InChI=1S/C10H18Cl2O2S2/c11-4-1-6-15-8-3-9(10(13)14)16-7-2-5-12/h9H,1-8H2,(H,13,14). The Morgan fingerprint density at radius 3 is 2.31 bits per heavy atom. The number of thioether (sulfide) groups is 2. The zero-order valence-corrected chi connectivity index (χ0v) is 12.3. The summed E-state index contributed by atoms with van der Waals surface area (Å²) in [7, 11) is 0. The lowest BCUT2D eigenvalue weighted by Crippen LogP contribution is -2.18. The molecule has 0 aliphatic carbocycles. The van der Waals surface area contributed by atoms with Crippen molar-refractivity contribution in [3.8, 4) is 0 Å². The number of carboxylic acids is 1. The molecule has 1 unspecified atom stereocenters. The molecule has 0 spiro atoms. The molecule has 0 rings (SSSR count). The molecule has 16 heavy (non-hydrogen) atoms. The summed E-state index contributed by atoms with van der Waals surface area (Å²) in [5.74, 6) is 3.30. The topological polar surface area (TPSA) is 37.3 Å². The first kappa shape index (κ1) is 16.8. The summed E-state index contributed by atoms with van der Waals surface area (Å²) in [6.07, 6.45) is 2.58. The van der Waals surface area contributed by atoms with Crippen LogP contribution in [0.1, 0.15) is 19.3 Å². The Morgan fingerprint density at radius 2 is 1.75 bits per heavy atom. The molecule has 0 aromatic rings. The van der Waals surface area contributed by atoms with Crippen LogP contribution < -0.4 is 0 Å². The number of carbonyl (C=O) groups is 1. The zero-order chi connectivity index (χ0) is 12.2. The van der Waals surface area contributed by atoms with E-state index in [1.54, 1.807) is 11.8 Å². The van der Waals surface area contributed by atoms with E-state index in [0.29, 0.717) is 11.8 Å². The van der Waals surface area contributed by atoms with Crippen molar-refractivity contribution in [2.75, 3.05) is 29.0 Å². The lowest BCUT2D eigenvalue weighted by molar-refractivity contribution is -0.136. The summed E-state index contributed by atoms with van der Waals surface area (Å²) in [6.45, 7) is 0. The quantitative estimate of drug-likeness (QED) is 0.468. The van der Waals surface area contributed by atoms with Gasteiger partial charge in [0.05, 0.1) is 0 Å². The molecule has 0 saturated carbocycles. The minimum Gasteiger partial charge on any atom is -0.480 e. The second kappa shape index (κ2) is 12.2. The highest BCUT2D eigenvalue weighted by molar-refractivity contribution is 8.01. The van der Waals surface area contributed by atoms with Crippen LogP contribution in [0.15, 0.2) is 0 Å².